The van der Waals surface area contributed by atoms with Gasteiger partial charge < -0.3 is 4.52 Å². The first-order valence-corrected chi connectivity index (χ1v) is 9.79. The highest BCUT2D eigenvalue weighted by Gasteiger charge is 2.07. The maximum Gasteiger partial charge on any atom is 0.199 e. The van der Waals surface area contributed by atoms with Gasteiger partial charge in [-0.05, 0) is 19.5 Å². The SMILES string of the molecule is C.C=P(C)(C)CC.CCP(C)(=O)OC. The first-order chi connectivity index (χ1) is 5.68. The minimum Gasteiger partial charge on any atom is -0.332 e. The van der Waals surface area contributed by atoms with Gasteiger partial charge in [-0.25, -0.2) is 0 Å². The van der Waals surface area contributed by atoms with Crippen LogP contribution in [0.2, 0.25) is 0 Å². The van der Waals surface area contributed by atoms with Gasteiger partial charge >= 0.3 is 0 Å². The lowest BCUT2D eigenvalue weighted by atomic mass is 11.0. The molecule has 1 atom stereocenters. The van der Waals surface area contributed by atoms with Crippen molar-refractivity contribution in [2.24, 2.45) is 0 Å². The van der Waals surface area contributed by atoms with Crippen LogP contribution < -0.4 is 0 Å². The highest BCUT2D eigenvalue weighted by atomic mass is 31.2. The average molecular weight is 242 g/mol. The van der Waals surface area contributed by atoms with Gasteiger partial charge in [0, 0.05) is 19.9 Å². The Morgan fingerprint density at radius 2 is 1.43 bits per heavy atom. The summed E-state index contributed by atoms with van der Waals surface area (Å²) in [6, 6.07) is 0. The second-order valence-corrected chi connectivity index (χ2v) is 11.3. The Balaban J connectivity index is -0.000000163. The molecule has 0 spiro atoms. The summed E-state index contributed by atoms with van der Waals surface area (Å²) >= 11 is 0. The van der Waals surface area contributed by atoms with Crippen molar-refractivity contribution >= 4 is 20.6 Å². The summed E-state index contributed by atoms with van der Waals surface area (Å²) in [5.41, 5.74) is 0. The topological polar surface area (TPSA) is 26.3 Å². The first-order valence-electron chi connectivity index (χ1n) is 4.48. The lowest BCUT2D eigenvalue weighted by molar-refractivity contribution is 0.400. The van der Waals surface area contributed by atoms with E-state index in [1.54, 1.807) is 6.66 Å². The molecular weight excluding hydrogens is 214 g/mol. The molecule has 90 valence electrons. The van der Waals surface area contributed by atoms with Gasteiger partial charge in [0.2, 0.25) is 0 Å². The minimum atomic E-state index is -2.15. The maximum atomic E-state index is 10.7. The molecule has 0 N–H and O–H groups in total. The van der Waals surface area contributed by atoms with Gasteiger partial charge in [-0.2, -0.15) is 0 Å². The Kier molecular flexibility index (Phi) is 12.5. The van der Waals surface area contributed by atoms with Crippen LogP contribution in [0.1, 0.15) is 21.3 Å². The highest BCUT2D eigenvalue weighted by Crippen LogP contribution is 2.39. The van der Waals surface area contributed by atoms with Crippen LogP contribution in [0.25, 0.3) is 0 Å². The Hall–Kier alpha value is 0.490. The molecule has 14 heavy (non-hydrogen) atoms. The highest BCUT2D eigenvalue weighted by molar-refractivity contribution is 7.72. The van der Waals surface area contributed by atoms with Crippen molar-refractivity contribution in [2.45, 2.75) is 21.3 Å². The molecular formula is C10H28O2P2. The molecule has 0 fully saturated rings. The molecule has 0 rings (SSSR count). The molecule has 0 saturated heterocycles. The molecule has 0 bridgehead atoms. The van der Waals surface area contributed by atoms with Gasteiger partial charge in [0.1, 0.15) is 0 Å². The summed E-state index contributed by atoms with van der Waals surface area (Å²) in [6.07, 6.45) is 5.90. The Bertz CT molecular complexity index is 198. The summed E-state index contributed by atoms with van der Waals surface area (Å²) in [4.78, 5) is 0. The molecule has 1 unspecified atom stereocenters. The van der Waals surface area contributed by atoms with Crippen LogP contribution in [0.5, 0.6) is 0 Å². The summed E-state index contributed by atoms with van der Waals surface area (Å²) in [5.74, 6) is 0. The zero-order valence-corrected chi connectivity index (χ0v) is 11.6. The molecule has 2 nitrogen and oxygen atoms in total. The third-order valence-electron chi connectivity index (χ3n) is 1.82. The summed E-state index contributed by atoms with van der Waals surface area (Å²) in [5, 5.41) is 0. The minimum absolute atomic E-state index is 0. The molecule has 0 aliphatic heterocycles. The van der Waals surface area contributed by atoms with Gasteiger partial charge in [0.25, 0.3) is 0 Å². The van der Waals surface area contributed by atoms with Crippen LogP contribution in [0.4, 0.5) is 0 Å². The fraction of sp³-hybridized carbons (Fsp3) is 0.900. The monoisotopic (exact) mass is 242 g/mol. The van der Waals surface area contributed by atoms with Crippen molar-refractivity contribution in [3.8, 4) is 0 Å². The average Bonchev–Trinajstić information content (AvgIpc) is 2.04. The van der Waals surface area contributed by atoms with Gasteiger partial charge in [-0.1, -0.05) is 21.3 Å². The van der Waals surface area contributed by atoms with Crippen LogP contribution in [0.3, 0.4) is 0 Å². The summed E-state index contributed by atoms with van der Waals surface area (Å²) in [7, 11) is -0.678. The molecule has 0 heterocycles. The van der Waals surface area contributed by atoms with E-state index < -0.39 is 14.3 Å². The maximum absolute atomic E-state index is 10.7. The Labute approximate surface area is 90.9 Å². The third-order valence-corrected chi connectivity index (χ3v) is 5.45. The van der Waals surface area contributed by atoms with E-state index in [-0.39, 0.29) is 7.43 Å². The third kappa shape index (κ3) is 18.3. The summed E-state index contributed by atoms with van der Waals surface area (Å²) < 4.78 is 15.4. The van der Waals surface area contributed by atoms with E-state index in [2.05, 4.69) is 31.1 Å². The first kappa shape index (κ1) is 20.0. The quantitative estimate of drug-likeness (QED) is 0.701. The molecule has 0 aromatic carbocycles. The fourth-order valence-electron chi connectivity index (χ4n) is 0.129. The van der Waals surface area contributed by atoms with Gasteiger partial charge in [-0.15, -0.1) is 13.2 Å². The molecule has 0 aliphatic carbocycles. The van der Waals surface area contributed by atoms with Crippen molar-refractivity contribution in [1.29, 1.82) is 0 Å². The zero-order chi connectivity index (χ0) is 11.1. The van der Waals surface area contributed by atoms with Crippen LogP contribution in [-0.4, -0.2) is 45.7 Å². The molecule has 0 amide bonds. The Morgan fingerprint density at radius 3 is 1.43 bits per heavy atom. The molecule has 0 radical (unpaired) electrons. The van der Waals surface area contributed by atoms with Gasteiger partial charge in [0.05, 0.1) is 0 Å². The van der Waals surface area contributed by atoms with Crippen LogP contribution >= 0.6 is 14.3 Å². The molecule has 0 aliphatic rings. The lowest BCUT2D eigenvalue weighted by Gasteiger charge is -2.04. The van der Waals surface area contributed by atoms with E-state index >= 15 is 0 Å². The van der Waals surface area contributed by atoms with Crippen LogP contribution in [0.15, 0.2) is 0 Å². The van der Waals surface area contributed by atoms with Crippen molar-refractivity contribution in [3.05, 3.63) is 0 Å². The van der Waals surface area contributed by atoms with Crippen LogP contribution in [0, 0.1) is 0 Å². The van der Waals surface area contributed by atoms with E-state index in [4.69, 9.17) is 0 Å². The number of rotatable bonds is 3. The molecule has 0 aromatic heterocycles. The van der Waals surface area contributed by atoms with Crippen molar-refractivity contribution < 1.29 is 9.09 Å². The molecule has 0 aromatic rings. The normalized spacial score (nSPS) is 14.4. The predicted octanol–water partition coefficient (Wildman–Crippen LogP) is 3.91. The van der Waals surface area contributed by atoms with Crippen molar-refractivity contribution in [2.75, 3.05) is 39.4 Å². The van der Waals surface area contributed by atoms with E-state index in [1.807, 2.05) is 6.92 Å². The smallest absolute Gasteiger partial charge is 0.199 e. The number of hydrogen-bond donors (Lipinski definition) is 0. The van der Waals surface area contributed by atoms with E-state index in [0.717, 1.165) is 0 Å². The number of hydrogen-bond acceptors (Lipinski definition) is 2. The van der Waals surface area contributed by atoms with Crippen molar-refractivity contribution in [1.82, 2.24) is 0 Å². The zero-order valence-electron chi connectivity index (χ0n) is 9.83. The van der Waals surface area contributed by atoms with Crippen molar-refractivity contribution in [3.63, 3.8) is 0 Å². The second kappa shape index (κ2) is 8.77. The van der Waals surface area contributed by atoms with E-state index in [9.17, 15) is 4.57 Å². The molecule has 0 saturated carbocycles. The van der Waals surface area contributed by atoms with E-state index in [1.165, 1.54) is 13.3 Å². The van der Waals surface area contributed by atoms with Gasteiger partial charge in [-0.3, -0.25) is 4.57 Å². The lowest BCUT2D eigenvalue weighted by Crippen LogP contribution is -1.82. The summed E-state index contributed by atoms with van der Waals surface area (Å²) in [6.45, 7) is 9.52. The fourth-order valence-corrected chi connectivity index (χ4v) is 0.387. The van der Waals surface area contributed by atoms with Gasteiger partial charge in [0.15, 0.2) is 7.37 Å². The Morgan fingerprint density at radius 1 is 1.14 bits per heavy atom. The second-order valence-electron chi connectivity index (χ2n) is 3.76. The molecule has 4 heteroatoms. The largest absolute Gasteiger partial charge is 0.332 e. The predicted molar refractivity (Wildman–Crippen MR) is 74.2 cm³/mol. The van der Waals surface area contributed by atoms with Crippen LogP contribution in [-0.2, 0) is 9.09 Å². The standard InChI is InChI=1S/C5H13P.C4H11O2P.CH4/c1-5-6(2,3)4;1-4-7(3,5)6-2;/h2,5H2,1,3-4H3;4H2,1-3H3;1H4. The van der Waals surface area contributed by atoms with E-state index in [0.29, 0.717) is 6.16 Å².